The Morgan fingerprint density at radius 3 is 2.86 bits per heavy atom. The van der Waals surface area contributed by atoms with Crippen molar-refractivity contribution >= 4 is 12.0 Å². The fraction of sp³-hybridized carbons (Fsp3) is 0.200. The number of carbonyl (C=O) groups excluding carboxylic acids is 1. The van der Waals surface area contributed by atoms with Gasteiger partial charge in [-0.2, -0.15) is 5.26 Å². The summed E-state index contributed by atoms with van der Waals surface area (Å²) < 4.78 is 6.26. The molecule has 0 unspecified atom stereocenters. The molecule has 4 nitrogen and oxygen atoms in total. The number of nitrogens with zero attached hydrogens (tertiary/aromatic N) is 2. The van der Waals surface area contributed by atoms with Crippen LogP contribution in [0.15, 0.2) is 23.9 Å². The second-order valence-corrected chi connectivity index (χ2v) is 2.71. The third-order valence-electron chi connectivity index (χ3n) is 1.80. The number of esters is 1. The normalized spacial score (nSPS) is 10.8. The summed E-state index contributed by atoms with van der Waals surface area (Å²) in [6.45, 7) is 0. The highest BCUT2D eigenvalue weighted by Crippen LogP contribution is 2.07. The Morgan fingerprint density at radius 1 is 1.71 bits per heavy atom. The Hall–Kier alpha value is -2.02. The molecule has 0 amide bonds. The molecule has 14 heavy (non-hydrogen) atoms. The van der Waals surface area contributed by atoms with Gasteiger partial charge in [0.25, 0.3) is 0 Å². The van der Waals surface area contributed by atoms with Crippen molar-refractivity contribution in [2.24, 2.45) is 7.05 Å². The van der Waals surface area contributed by atoms with E-state index in [1.807, 2.05) is 19.3 Å². The standard InChI is InChI=1S/C10H10N2O2/c1-12-5-3-4-9(12)6-8(7-11)10(13)14-2/h3-6H,1-2H3. The van der Waals surface area contributed by atoms with Crippen molar-refractivity contribution in [3.8, 4) is 6.07 Å². The Balaban J connectivity index is 3.03. The van der Waals surface area contributed by atoms with Gasteiger partial charge < -0.3 is 9.30 Å². The molecule has 1 heterocycles. The summed E-state index contributed by atoms with van der Waals surface area (Å²) >= 11 is 0. The number of ether oxygens (including phenoxy) is 1. The minimum atomic E-state index is -0.617. The minimum Gasteiger partial charge on any atom is -0.465 e. The van der Waals surface area contributed by atoms with Crippen LogP contribution in [-0.2, 0) is 16.6 Å². The molecule has 0 saturated heterocycles. The average Bonchev–Trinajstić information content (AvgIpc) is 2.59. The zero-order valence-corrected chi connectivity index (χ0v) is 8.02. The summed E-state index contributed by atoms with van der Waals surface area (Å²) in [4.78, 5) is 11.1. The summed E-state index contributed by atoms with van der Waals surface area (Å²) in [5, 5.41) is 8.69. The largest absolute Gasteiger partial charge is 0.465 e. The summed E-state index contributed by atoms with van der Waals surface area (Å²) in [6.07, 6.45) is 3.32. The molecule has 1 aromatic rings. The SMILES string of the molecule is COC(=O)C(C#N)=Cc1cccn1C. The number of aryl methyl sites for hydroxylation is 1. The molecule has 0 fully saturated rings. The first kappa shape index (κ1) is 10.1. The van der Waals surface area contributed by atoms with Crippen LogP contribution in [0.4, 0.5) is 0 Å². The van der Waals surface area contributed by atoms with Crippen LogP contribution in [0.3, 0.4) is 0 Å². The van der Waals surface area contributed by atoms with E-state index in [2.05, 4.69) is 4.74 Å². The topological polar surface area (TPSA) is 55.0 Å². The molecule has 0 N–H and O–H groups in total. The number of hydrogen-bond acceptors (Lipinski definition) is 3. The van der Waals surface area contributed by atoms with Gasteiger partial charge in [0.1, 0.15) is 11.6 Å². The minimum absolute atomic E-state index is 0.00528. The Labute approximate surface area is 82.0 Å². The van der Waals surface area contributed by atoms with Crippen LogP contribution in [0.25, 0.3) is 6.08 Å². The van der Waals surface area contributed by atoms with E-state index < -0.39 is 5.97 Å². The van der Waals surface area contributed by atoms with E-state index >= 15 is 0 Å². The first-order valence-electron chi connectivity index (χ1n) is 4.00. The molecule has 0 atom stereocenters. The molecule has 0 aliphatic carbocycles. The van der Waals surface area contributed by atoms with E-state index in [0.717, 1.165) is 5.69 Å². The lowest BCUT2D eigenvalue weighted by Crippen LogP contribution is -2.03. The van der Waals surface area contributed by atoms with E-state index in [1.54, 1.807) is 16.7 Å². The zero-order valence-electron chi connectivity index (χ0n) is 8.02. The van der Waals surface area contributed by atoms with E-state index in [9.17, 15) is 4.79 Å². The van der Waals surface area contributed by atoms with Crippen molar-refractivity contribution in [2.45, 2.75) is 0 Å². The fourth-order valence-electron chi connectivity index (χ4n) is 1.02. The molecule has 0 bridgehead atoms. The van der Waals surface area contributed by atoms with Crippen LogP contribution in [0.5, 0.6) is 0 Å². The van der Waals surface area contributed by atoms with Crippen LogP contribution in [0.2, 0.25) is 0 Å². The monoisotopic (exact) mass is 190 g/mol. The number of hydrogen-bond donors (Lipinski definition) is 0. The van der Waals surface area contributed by atoms with Crippen molar-refractivity contribution in [1.29, 1.82) is 5.26 Å². The number of aromatic nitrogens is 1. The quantitative estimate of drug-likeness (QED) is 0.398. The van der Waals surface area contributed by atoms with Gasteiger partial charge in [-0.15, -0.1) is 0 Å². The van der Waals surface area contributed by atoms with Crippen molar-refractivity contribution in [2.75, 3.05) is 7.11 Å². The molecule has 0 aliphatic heterocycles. The molecule has 0 aliphatic rings. The predicted molar refractivity (Wildman–Crippen MR) is 51.0 cm³/mol. The van der Waals surface area contributed by atoms with Crippen LogP contribution in [-0.4, -0.2) is 17.6 Å². The van der Waals surface area contributed by atoms with Crippen LogP contribution in [0.1, 0.15) is 5.69 Å². The van der Waals surface area contributed by atoms with E-state index in [4.69, 9.17) is 5.26 Å². The lowest BCUT2D eigenvalue weighted by atomic mass is 10.2. The molecule has 4 heteroatoms. The number of carbonyl (C=O) groups is 1. The second-order valence-electron chi connectivity index (χ2n) is 2.71. The molecule has 0 radical (unpaired) electrons. The first-order valence-corrected chi connectivity index (χ1v) is 4.00. The van der Waals surface area contributed by atoms with Crippen LogP contribution >= 0.6 is 0 Å². The van der Waals surface area contributed by atoms with E-state index in [1.165, 1.54) is 13.2 Å². The fourth-order valence-corrected chi connectivity index (χ4v) is 1.02. The maximum absolute atomic E-state index is 11.1. The van der Waals surface area contributed by atoms with Gasteiger partial charge in [-0.25, -0.2) is 4.79 Å². The number of rotatable bonds is 2. The highest BCUT2D eigenvalue weighted by Gasteiger charge is 2.08. The highest BCUT2D eigenvalue weighted by molar-refractivity contribution is 5.97. The predicted octanol–water partition coefficient (Wildman–Crippen LogP) is 1.11. The van der Waals surface area contributed by atoms with Gasteiger partial charge in [0.2, 0.25) is 0 Å². The van der Waals surface area contributed by atoms with E-state index in [-0.39, 0.29) is 5.57 Å². The first-order chi connectivity index (χ1) is 6.69. The smallest absolute Gasteiger partial charge is 0.348 e. The third-order valence-corrected chi connectivity index (χ3v) is 1.80. The Kier molecular flexibility index (Phi) is 3.08. The third kappa shape index (κ3) is 2.02. The molecular formula is C10H10N2O2. The number of methoxy groups -OCH3 is 1. The van der Waals surface area contributed by atoms with Crippen molar-refractivity contribution in [3.05, 3.63) is 29.6 Å². The molecule has 0 saturated carbocycles. The van der Waals surface area contributed by atoms with Gasteiger partial charge in [0, 0.05) is 18.9 Å². The van der Waals surface area contributed by atoms with Gasteiger partial charge in [-0.3, -0.25) is 0 Å². The average molecular weight is 190 g/mol. The van der Waals surface area contributed by atoms with Gasteiger partial charge in [0.15, 0.2) is 0 Å². The van der Waals surface area contributed by atoms with Crippen molar-refractivity contribution in [1.82, 2.24) is 4.57 Å². The summed E-state index contributed by atoms with van der Waals surface area (Å²) in [7, 11) is 3.08. The van der Waals surface area contributed by atoms with Crippen molar-refractivity contribution in [3.63, 3.8) is 0 Å². The summed E-state index contributed by atoms with van der Waals surface area (Å²) in [6, 6.07) is 5.43. The maximum Gasteiger partial charge on any atom is 0.348 e. The highest BCUT2D eigenvalue weighted by atomic mass is 16.5. The van der Waals surface area contributed by atoms with E-state index in [0.29, 0.717) is 0 Å². The molecule has 1 rings (SSSR count). The Bertz CT molecular complexity index is 410. The summed E-state index contributed by atoms with van der Waals surface area (Å²) in [5.41, 5.74) is 0.779. The van der Waals surface area contributed by atoms with Crippen LogP contribution < -0.4 is 0 Å². The van der Waals surface area contributed by atoms with Gasteiger partial charge >= 0.3 is 5.97 Å². The Morgan fingerprint density at radius 2 is 2.43 bits per heavy atom. The lowest BCUT2D eigenvalue weighted by Gasteiger charge is -1.98. The molecule has 0 spiro atoms. The lowest BCUT2D eigenvalue weighted by molar-refractivity contribution is -0.135. The molecular weight excluding hydrogens is 180 g/mol. The van der Waals surface area contributed by atoms with Gasteiger partial charge in [-0.1, -0.05) is 0 Å². The molecule has 72 valence electrons. The van der Waals surface area contributed by atoms with Crippen LogP contribution in [0, 0.1) is 11.3 Å². The van der Waals surface area contributed by atoms with Gasteiger partial charge in [0.05, 0.1) is 7.11 Å². The van der Waals surface area contributed by atoms with Gasteiger partial charge in [-0.05, 0) is 18.2 Å². The summed E-state index contributed by atoms with van der Waals surface area (Å²) in [5.74, 6) is -0.617. The molecule has 1 aromatic heterocycles. The molecule has 0 aromatic carbocycles. The zero-order chi connectivity index (χ0) is 10.6. The maximum atomic E-state index is 11.1. The number of nitriles is 1. The second kappa shape index (κ2) is 4.28. The van der Waals surface area contributed by atoms with Crippen molar-refractivity contribution < 1.29 is 9.53 Å².